The number of H-pyrrole nitrogens is 2. The average Bonchev–Trinajstić information content (AvgIpc) is 3.07. The average molecular weight is 260 g/mol. The molecule has 7 heteroatoms. The number of carbonyl (C=O) groups is 1. The number of imidazole rings is 1. The molecule has 0 bridgehead atoms. The van der Waals surface area contributed by atoms with Crippen LogP contribution < -0.4 is 5.32 Å². The summed E-state index contributed by atoms with van der Waals surface area (Å²) >= 11 is 0. The van der Waals surface area contributed by atoms with E-state index in [1.54, 1.807) is 30.7 Å². The number of carbonyl (C=O) groups excluding carboxylic acids is 1. The van der Waals surface area contributed by atoms with Gasteiger partial charge in [-0.25, -0.2) is 4.98 Å². The van der Waals surface area contributed by atoms with E-state index in [0.29, 0.717) is 19.5 Å². The van der Waals surface area contributed by atoms with Crippen LogP contribution in [0.5, 0.6) is 0 Å². The first-order valence-corrected chi connectivity index (χ1v) is 6.21. The van der Waals surface area contributed by atoms with Crippen molar-refractivity contribution >= 4 is 5.91 Å². The molecule has 0 radical (unpaired) electrons. The molecule has 3 rings (SSSR count). The van der Waals surface area contributed by atoms with Crippen LogP contribution in [0.25, 0.3) is 0 Å². The van der Waals surface area contributed by atoms with Gasteiger partial charge in [0.2, 0.25) is 5.91 Å². The van der Waals surface area contributed by atoms with Gasteiger partial charge in [-0.2, -0.15) is 5.10 Å². The Hall–Kier alpha value is -2.15. The topological polar surface area (TPSA) is 89.7 Å². The van der Waals surface area contributed by atoms with E-state index in [-0.39, 0.29) is 11.9 Å². The number of rotatable bonds is 3. The zero-order chi connectivity index (χ0) is 13.2. The molecule has 0 fully saturated rings. The Kier molecular flexibility index (Phi) is 3.04. The summed E-state index contributed by atoms with van der Waals surface area (Å²) in [6.45, 7) is 1.21. The van der Waals surface area contributed by atoms with Gasteiger partial charge in [-0.1, -0.05) is 0 Å². The summed E-state index contributed by atoms with van der Waals surface area (Å²) < 4.78 is 0. The number of hydrogen-bond acceptors (Lipinski definition) is 4. The van der Waals surface area contributed by atoms with Gasteiger partial charge in [0.1, 0.15) is 0 Å². The first kappa shape index (κ1) is 11.9. The van der Waals surface area contributed by atoms with Crippen molar-refractivity contribution in [3.8, 4) is 0 Å². The van der Waals surface area contributed by atoms with Crippen molar-refractivity contribution in [2.45, 2.75) is 25.6 Å². The Morgan fingerprint density at radius 3 is 3.26 bits per heavy atom. The van der Waals surface area contributed by atoms with Crippen molar-refractivity contribution in [3.05, 3.63) is 35.7 Å². The first-order chi connectivity index (χ1) is 9.24. The van der Waals surface area contributed by atoms with Crippen LogP contribution in [0.15, 0.2) is 18.7 Å². The molecule has 3 heterocycles. The molecule has 0 spiro atoms. The molecule has 0 saturated heterocycles. The molecule has 100 valence electrons. The monoisotopic (exact) mass is 260 g/mol. The van der Waals surface area contributed by atoms with E-state index in [2.05, 4.69) is 25.5 Å². The van der Waals surface area contributed by atoms with Crippen molar-refractivity contribution in [2.75, 3.05) is 7.05 Å². The van der Waals surface area contributed by atoms with Gasteiger partial charge < -0.3 is 9.88 Å². The number of aromatic amines is 2. The van der Waals surface area contributed by atoms with Gasteiger partial charge in [0, 0.05) is 38.3 Å². The first-order valence-electron chi connectivity index (χ1n) is 6.21. The molecule has 1 aliphatic heterocycles. The van der Waals surface area contributed by atoms with Crippen LogP contribution in [0.1, 0.15) is 17.0 Å². The normalized spacial score (nSPS) is 18.1. The number of likely N-dealkylation sites (N-methyl/N-ethyl adjacent to an activating group) is 1. The fourth-order valence-electron chi connectivity index (χ4n) is 2.33. The molecule has 19 heavy (non-hydrogen) atoms. The highest BCUT2D eigenvalue weighted by Gasteiger charge is 2.27. The summed E-state index contributed by atoms with van der Waals surface area (Å²) in [5.41, 5.74) is 3.04. The smallest absolute Gasteiger partial charge is 0.240 e. The zero-order valence-corrected chi connectivity index (χ0v) is 10.7. The van der Waals surface area contributed by atoms with E-state index in [9.17, 15) is 4.79 Å². The molecule has 3 N–H and O–H groups in total. The van der Waals surface area contributed by atoms with Gasteiger partial charge in [-0.3, -0.25) is 15.2 Å². The summed E-state index contributed by atoms with van der Waals surface area (Å²) in [4.78, 5) is 21.4. The number of aromatic nitrogens is 4. The quantitative estimate of drug-likeness (QED) is 0.713. The molecule has 2 aromatic heterocycles. The summed E-state index contributed by atoms with van der Waals surface area (Å²) in [6.07, 6.45) is 5.83. The fourth-order valence-corrected chi connectivity index (χ4v) is 2.33. The molecule has 1 aliphatic rings. The highest BCUT2D eigenvalue weighted by atomic mass is 16.2. The third-order valence-corrected chi connectivity index (χ3v) is 3.38. The van der Waals surface area contributed by atoms with Crippen LogP contribution in [-0.4, -0.2) is 44.1 Å². The van der Waals surface area contributed by atoms with E-state index < -0.39 is 0 Å². The Bertz CT molecular complexity index is 561. The number of nitrogens with one attached hydrogen (secondary N) is 3. The van der Waals surface area contributed by atoms with Gasteiger partial charge >= 0.3 is 0 Å². The van der Waals surface area contributed by atoms with Crippen molar-refractivity contribution in [1.29, 1.82) is 0 Å². The number of nitrogens with zero attached hydrogens (tertiary/aromatic N) is 3. The lowest BCUT2D eigenvalue weighted by atomic mass is 10.0. The van der Waals surface area contributed by atoms with Crippen molar-refractivity contribution in [1.82, 2.24) is 30.4 Å². The van der Waals surface area contributed by atoms with Crippen LogP contribution in [-0.2, 0) is 24.3 Å². The standard InChI is InChI=1S/C12H16N6O/c1-18(6-8-3-16-17-4-8)12(19)10-2-9-11(5-13-10)15-7-14-9/h3-4,7,10,13H,2,5-6H2,1H3,(H,14,15)(H,16,17). The van der Waals surface area contributed by atoms with Crippen LogP contribution >= 0.6 is 0 Å². The minimum absolute atomic E-state index is 0.0786. The van der Waals surface area contributed by atoms with E-state index in [4.69, 9.17) is 0 Å². The Morgan fingerprint density at radius 2 is 2.47 bits per heavy atom. The van der Waals surface area contributed by atoms with E-state index >= 15 is 0 Å². The number of fused-ring (bicyclic) bond motifs is 1. The van der Waals surface area contributed by atoms with Crippen LogP contribution in [0.2, 0.25) is 0 Å². The fraction of sp³-hybridized carbons (Fsp3) is 0.417. The zero-order valence-electron chi connectivity index (χ0n) is 10.7. The van der Waals surface area contributed by atoms with Crippen molar-refractivity contribution in [3.63, 3.8) is 0 Å². The lowest BCUT2D eigenvalue weighted by Crippen LogP contribution is -2.48. The molecule has 1 amide bonds. The highest BCUT2D eigenvalue weighted by Crippen LogP contribution is 2.14. The third kappa shape index (κ3) is 2.37. The summed E-state index contributed by atoms with van der Waals surface area (Å²) in [5.74, 6) is 0.0786. The predicted molar refractivity (Wildman–Crippen MR) is 68.0 cm³/mol. The highest BCUT2D eigenvalue weighted by molar-refractivity contribution is 5.82. The molecule has 7 nitrogen and oxygen atoms in total. The Labute approximate surface area is 110 Å². The maximum absolute atomic E-state index is 12.4. The molecular formula is C12H16N6O. The third-order valence-electron chi connectivity index (χ3n) is 3.38. The van der Waals surface area contributed by atoms with Gasteiger partial charge in [0.25, 0.3) is 0 Å². The second-order valence-electron chi connectivity index (χ2n) is 4.77. The van der Waals surface area contributed by atoms with Gasteiger partial charge in [0.05, 0.1) is 30.0 Å². The SMILES string of the molecule is CN(Cc1cn[nH]c1)C(=O)C1Cc2nc[nH]c2CN1. The summed E-state index contributed by atoms with van der Waals surface area (Å²) in [7, 11) is 1.80. The largest absolute Gasteiger partial charge is 0.347 e. The number of hydrogen-bond donors (Lipinski definition) is 3. The maximum Gasteiger partial charge on any atom is 0.240 e. The molecule has 2 aromatic rings. The van der Waals surface area contributed by atoms with Crippen molar-refractivity contribution in [2.24, 2.45) is 0 Å². The lowest BCUT2D eigenvalue weighted by Gasteiger charge is -2.26. The van der Waals surface area contributed by atoms with Crippen LogP contribution in [0, 0.1) is 0 Å². The van der Waals surface area contributed by atoms with Crippen LogP contribution in [0.4, 0.5) is 0 Å². The van der Waals surface area contributed by atoms with E-state index in [1.165, 1.54) is 0 Å². The van der Waals surface area contributed by atoms with Gasteiger partial charge in [-0.05, 0) is 0 Å². The minimum atomic E-state index is -0.201. The molecule has 0 aromatic carbocycles. The predicted octanol–water partition coefficient (Wildman–Crippen LogP) is -0.194. The van der Waals surface area contributed by atoms with Crippen molar-refractivity contribution < 1.29 is 4.79 Å². The molecule has 0 aliphatic carbocycles. The minimum Gasteiger partial charge on any atom is -0.347 e. The Balaban J connectivity index is 1.65. The maximum atomic E-state index is 12.4. The molecular weight excluding hydrogens is 244 g/mol. The summed E-state index contributed by atoms with van der Waals surface area (Å²) in [6, 6.07) is -0.201. The van der Waals surface area contributed by atoms with E-state index in [1.807, 2.05) is 0 Å². The molecule has 1 unspecified atom stereocenters. The second kappa shape index (κ2) is 4.85. The van der Waals surface area contributed by atoms with Gasteiger partial charge in [0.15, 0.2) is 0 Å². The molecule has 1 atom stereocenters. The van der Waals surface area contributed by atoms with Crippen LogP contribution in [0.3, 0.4) is 0 Å². The Morgan fingerprint density at radius 1 is 1.58 bits per heavy atom. The number of amides is 1. The second-order valence-corrected chi connectivity index (χ2v) is 4.77. The van der Waals surface area contributed by atoms with E-state index in [0.717, 1.165) is 17.0 Å². The lowest BCUT2D eigenvalue weighted by molar-refractivity contribution is -0.132. The van der Waals surface area contributed by atoms with Gasteiger partial charge in [-0.15, -0.1) is 0 Å². The molecule has 0 saturated carbocycles. The summed E-state index contributed by atoms with van der Waals surface area (Å²) in [5, 5.41) is 9.86.